The molecule has 0 heterocycles. The van der Waals surface area contributed by atoms with Gasteiger partial charge in [0.1, 0.15) is 0 Å². The van der Waals surface area contributed by atoms with Crippen LogP contribution in [0.5, 0.6) is 0 Å². The molecular weight excluding hydrogens is 247 g/mol. The highest BCUT2D eigenvalue weighted by Crippen LogP contribution is 2.26. The molecule has 0 radical (unpaired) electrons. The Hall–Kier alpha value is -1.28. The first-order valence-corrected chi connectivity index (χ1v) is 5.54. The van der Waals surface area contributed by atoms with E-state index in [9.17, 15) is 21.6 Å². The maximum absolute atomic E-state index is 12.0. The number of alkyl halides is 3. The maximum Gasteiger partial charge on any atom is 0.516 e. The summed E-state index contributed by atoms with van der Waals surface area (Å²) in [5.74, 6) is 0. The van der Waals surface area contributed by atoms with Gasteiger partial charge in [0.25, 0.3) is 0 Å². The van der Waals surface area contributed by atoms with Crippen molar-refractivity contribution in [3.63, 3.8) is 0 Å². The lowest BCUT2D eigenvalue weighted by Crippen LogP contribution is -2.30. The fourth-order valence-electron chi connectivity index (χ4n) is 0.960. The van der Waals surface area contributed by atoms with Crippen molar-refractivity contribution in [2.45, 2.75) is 12.1 Å². The summed E-state index contributed by atoms with van der Waals surface area (Å²) in [6, 6.07) is 5.27. The Labute approximate surface area is 89.8 Å². The number of nitrogens with one attached hydrogen (secondary N) is 1. The van der Waals surface area contributed by atoms with E-state index in [-0.39, 0.29) is 11.3 Å². The molecule has 0 saturated carbocycles. The molecule has 0 aliphatic rings. The zero-order valence-corrected chi connectivity index (χ0v) is 8.64. The Morgan fingerprint density at radius 1 is 1.25 bits per heavy atom. The number of para-hydroxylation sites is 1. The average molecular weight is 255 g/mol. The third-order valence-electron chi connectivity index (χ3n) is 1.74. The SMILES string of the molecule is O=S(=O)(Nc1ccccc1CO)C(F)(F)F. The summed E-state index contributed by atoms with van der Waals surface area (Å²) in [6.07, 6.45) is 0. The van der Waals surface area contributed by atoms with Crippen molar-refractivity contribution < 1.29 is 26.7 Å². The fourth-order valence-corrected chi connectivity index (χ4v) is 1.56. The Balaban J connectivity index is 3.06. The molecule has 90 valence electrons. The summed E-state index contributed by atoms with van der Waals surface area (Å²) in [5, 5.41) is 8.80. The molecular formula is C8H8F3NO3S. The number of hydrogen-bond acceptors (Lipinski definition) is 3. The third-order valence-corrected chi connectivity index (χ3v) is 2.83. The fraction of sp³-hybridized carbons (Fsp3) is 0.250. The Morgan fingerprint density at radius 2 is 1.81 bits per heavy atom. The van der Waals surface area contributed by atoms with Crippen LogP contribution >= 0.6 is 0 Å². The van der Waals surface area contributed by atoms with E-state index < -0.39 is 22.1 Å². The van der Waals surface area contributed by atoms with Gasteiger partial charge in [-0.25, -0.2) is 0 Å². The van der Waals surface area contributed by atoms with Crippen LogP contribution in [0.3, 0.4) is 0 Å². The number of rotatable bonds is 3. The van der Waals surface area contributed by atoms with E-state index >= 15 is 0 Å². The highest BCUT2D eigenvalue weighted by atomic mass is 32.2. The van der Waals surface area contributed by atoms with Crippen molar-refractivity contribution in [3.8, 4) is 0 Å². The van der Waals surface area contributed by atoms with Crippen molar-refractivity contribution in [1.82, 2.24) is 0 Å². The lowest BCUT2D eigenvalue weighted by atomic mass is 10.2. The first-order chi connectivity index (χ1) is 7.28. The van der Waals surface area contributed by atoms with E-state index in [1.807, 2.05) is 0 Å². The van der Waals surface area contributed by atoms with Crippen LogP contribution in [0.25, 0.3) is 0 Å². The number of hydrogen-bond donors (Lipinski definition) is 2. The molecule has 1 aromatic rings. The van der Waals surface area contributed by atoms with Crippen LogP contribution in [0.15, 0.2) is 24.3 Å². The largest absolute Gasteiger partial charge is 0.516 e. The number of benzene rings is 1. The monoisotopic (exact) mass is 255 g/mol. The summed E-state index contributed by atoms with van der Waals surface area (Å²) in [7, 11) is -5.44. The van der Waals surface area contributed by atoms with E-state index in [2.05, 4.69) is 0 Å². The minimum Gasteiger partial charge on any atom is -0.392 e. The maximum atomic E-state index is 12.0. The molecule has 0 atom stereocenters. The van der Waals surface area contributed by atoms with Gasteiger partial charge in [0.05, 0.1) is 12.3 Å². The Bertz CT molecular complexity index is 470. The minimum atomic E-state index is -5.44. The van der Waals surface area contributed by atoms with Crippen LogP contribution in [0.1, 0.15) is 5.56 Å². The van der Waals surface area contributed by atoms with Crippen LogP contribution in [0.4, 0.5) is 18.9 Å². The molecule has 1 rings (SSSR count). The van der Waals surface area contributed by atoms with E-state index in [4.69, 9.17) is 5.11 Å². The standard InChI is InChI=1S/C8H8F3NO3S/c9-8(10,11)16(14,15)12-7-4-2-1-3-6(7)5-13/h1-4,12-13H,5H2. The number of aliphatic hydroxyl groups excluding tert-OH is 1. The van der Waals surface area contributed by atoms with Crippen molar-refractivity contribution in [1.29, 1.82) is 0 Å². The van der Waals surface area contributed by atoms with Crippen LogP contribution in [-0.2, 0) is 16.6 Å². The first-order valence-electron chi connectivity index (χ1n) is 4.06. The number of sulfonamides is 1. The predicted octanol–water partition coefficient (Wildman–Crippen LogP) is 1.44. The van der Waals surface area contributed by atoms with E-state index in [1.54, 1.807) is 0 Å². The summed E-state index contributed by atoms with van der Waals surface area (Å²) in [5.41, 5.74) is -5.60. The molecule has 8 heteroatoms. The van der Waals surface area contributed by atoms with Crippen molar-refractivity contribution in [3.05, 3.63) is 29.8 Å². The summed E-state index contributed by atoms with van der Waals surface area (Å²) in [6.45, 7) is -0.559. The summed E-state index contributed by atoms with van der Waals surface area (Å²) >= 11 is 0. The van der Waals surface area contributed by atoms with E-state index in [1.165, 1.54) is 22.9 Å². The highest BCUT2D eigenvalue weighted by Gasteiger charge is 2.46. The molecule has 0 aliphatic carbocycles. The molecule has 16 heavy (non-hydrogen) atoms. The van der Waals surface area contributed by atoms with E-state index in [0.29, 0.717) is 0 Å². The van der Waals surface area contributed by atoms with Crippen LogP contribution in [0, 0.1) is 0 Å². The molecule has 0 aromatic heterocycles. The summed E-state index contributed by atoms with van der Waals surface area (Å²) < 4.78 is 59.0. The Morgan fingerprint density at radius 3 is 2.31 bits per heavy atom. The van der Waals surface area contributed by atoms with Gasteiger partial charge in [0.15, 0.2) is 0 Å². The first kappa shape index (κ1) is 12.8. The average Bonchev–Trinajstić information content (AvgIpc) is 2.16. The molecule has 0 unspecified atom stereocenters. The van der Waals surface area contributed by atoms with Crippen LogP contribution < -0.4 is 4.72 Å². The van der Waals surface area contributed by atoms with Gasteiger partial charge >= 0.3 is 15.5 Å². The second kappa shape index (κ2) is 4.30. The van der Waals surface area contributed by atoms with Crippen LogP contribution in [0.2, 0.25) is 0 Å². The smallest absolute Gasteiger partial charge is 0.392 e. The quantitative estimate of drug-likeness (QED) is 0.858. The molecule has 0 fully saturated rings. The summed E-state index contributed by atoms with van der Waals surface area (Å²) in [4.78, 5) is 0. The van der Waals surface area contributed by atoms with Crippen molar-refractivity contribution >= 4 is 15.7 Å². The predicted molar refractivity (Wildman–Crippen MR) is 51.0 cm³/mol. The topological polar surface area (TPSA) is 66.4 Å². The lowest BCUT2D eigenvalue weighted by Gasteiger charge is -2.12. The van der Waals surface area contributed by atoms with Gasteiger partial charge < -0.3 is 5.11 Å². The minimum absolute atomic E-state index is 0.0651. The molecule has 4 nitrogen and oxygen atoms in total. The van der Waals surface area contributed by atoms with Gasteiger partial charge in [0.2, 0.25) is 0 Å². The molecule has 0 bridgehead atoms. The van der Waals surface area contributed by atoms with Gasteiger partial charge in [-0.2, -0.15) is 21.6 Å². The highest BCUT2D eigenvalue weighted by molar-refractivity contribution is 7.93. The van der Waals surface area contributed by atoms with E-state index in [0.717, 1.165) is 6.07 Å². The zero-order chi connectivity index (χ0) is 12.4. The molecule has 0 aliphatic heterocycles. The molecule has 0 amide bonds. The molecule has 0 saturated heterocycles. The number of anilines is 1. The van der Waals surface area contributed by atoms with Gasteiger partial charge in [-0.15, -0.1) is 0 Å². The second-order valence-corrected chi connectivity index (χ2v) is 4.54. The van der Waals surface area contributed by atoms with Crippen molar-refractivity contribution in [2.75, 3.05) is 4.72 Å². The van der Waals surface area contributed by atoms with Gasteiger partial charge in [-0.1, -0.05) is 18.2 Å². The second-order valence-electron chi connectivity index (χ2n) is 2.87. The number of halogens is 3. The molecule has 0 spiro atoms. The van der Waals surface area contributed by atoms with Gasteiger partial charge in [-0.3, -0.25) is 4.72 Å². The van der Waals surface area contributed by atoms with Gasteiger partial charge in [0, 0.05) is 5.56 Å². The molecule has 2 N–H and O–H groups in total. The zero-order valence-electron chi connectivity index (χ0n) is 7.82. The normalized spacial score (nSPS) is 12.5. The molecule has 1 aromatic carbocycles. The number of aliphatic hydroxyl groups is 1. The van der Waals surface area contributed by atoms with Crippen molar-refractivity contribution in [2.24, 2.45) is 0 Å². The third kappa shape index (κ3) is 2.64. The van der Waals surface area contributed by atoms with Gasteiger partial charge in [-0.05, 0) is 6.07 Å². The Kier molecular flexibility index (Phi) is 3.44. The van der Waals surface area contributed by atoms with Crippen LogP contribution in [-0.4, -0.2) is 19.0 Å². The lowest BCUT2D eigenvalue weighted by molar-refractivity contribution is -0.0429.